The van der Waals surface area contributed by atoms with Crippen LogP contribution in [0.5, 0.6) is 0 Å². The summed E-state index contributed by atoms with van der Waals surface area (Å²) < 4.78 is 5.66. The molecule has 0 aliphatic heterocycles. The third-order valence-electron chi connectivity index (χ3n) is 2.72. The van der Waals surface area contributed by atoms with Gasteiger partial charge in [0.1, 0.15) is 11.5 Å². The summed E-state index contributed by atoms with van der Waals surface area (Å²) in [5.41, 5.74) is 2.36. The molecule has 0 saturated carbocycles. The van der Waals surface area contributed by atoms with E-state index < -0.39 is 0 Å². The lowest BCUT2D eigenvalue weighted by Crippen LogP contribution is -2.18. The van der Waals surface area contributed by atoms with Crippen LogP contribution < -0.4 is 5.32 Å². The van der Waals surface area contributed by atoms with Crippen LogP contribution in [0.15, 0.2) is 35.0 Å². The Kier molecular flexibility index (Phi) is 3.06. The van der Waals surface area contributed by atoms with Crippen molar-refractivity contribution in [1.29, 1.82) is 0 Å². The summed E-state index contributed by atoms with van der Waals surface area (Å²) in [6, 6.07) is 6.06. The zero-order valence-corrected chi connectivity index (χ0v) is 9.82. The minimum Gasteiger partial charge on any atom is -0.464 e. The Morgan fingerprint density at radius 3 is 2.62 bits per heavy atom. The van der Waals surface area contributed by atoms with E-state index in [0.717, 1.165) is 17.1 Å². The molecule has 0 aliphatic carbocycles. The summed E-state index contributed by atoms with van der Waals surface area (Å²) in [7, 11) is 1.93. The van der Waals surface area contributed by atoms with Crippen LogP contribution >= 0.6 is 0 Å². The van der Waals surface area contributed by atoms with Crippen molar-refractivity contribution in [2.75, 3.05) is 7.05 Å². The van der Waals surface area contributed by atoms with Crippen molar-refractivity contribution in [3.63, 3.8) is 0 Å². The first kappa shape index (κ1) is 10.9. The number of nitrogens with zero attached hydrogens (tertiary/aromatic N) is 1. The van der Waals surface area contributed by atoms with Gasteiger partial charge in [0.15, 0.2) is 0 Å². The second-order valence-electron chi connectivity index (χ2n) is 3.90. The van der Waals surface area contributed by atoms with Crippen LogP contribution in [0.25, 0.3) is 0 Å². The summed E-state index contributed by atoms with van der Waals surface area (Å²) in [5, 5.41) is 3.26. The molecule has 0 aliphatic rings. The van der Waals surface area contributed by atoms with E-state index >= 15 is 0 Å². The summed E-state index contributed by atoms with van der Waals surface area (Å²) in [6.07, 6.45) is 3.69. The molecule has 0 radical (unpaired) electrons. The Labute approximate surface area is 95.5 Å². The van der Waals surface area contributed by atoms with Gasteiger partial charge in [-0.15, -0.1) is 0 Å². The molecule has 84 valence electrons. The van der Waals surface area contributed by atoms with Crippen molar-refractivity contribution >= 4 is 0 Å². The van der Waals surface area contributed by atoms with Crippen molar-refractivity contribution in [3.8, 4) is 0 Å². The fraction of sp³-hybridized carbons (Fsp3) is 0.308. The van der Waals surface area contributed by atoms with E-state index in [4.69, 9.17) is 4.42 Å². The fourth-order valence-electron chi connectivity index (χ4n) is 1.84. The van der Waals surface area contributed by atoms with Crippen molar-refractivity contribution in [3.05, 3.63) is 53.2 Å². The van der Waals surface area contributed by atoms with Crippen LogP contribution in [0.1, 0.15) is 28.7 Å². The summed E-state index contributed by atoms with van der Waals surface area (Å²) in [6.45, 7) is 4.03. The molecule has 16 heavy (non-hydrogen) atoms. The number of hydrogen-bond acceptors (Lipinski definition) is 3. The van der Waals surface area contributed by atoms with Gasteiger partial charge in [0, 0.05) is 12.4 Å². The molecule has 2 heterocycles. The molecule has 0 saturated heterocycles. The molecule has 1 N–H and O–H groups in total. The van der Waals surface area contributed by atoms with Gasteiger partial charge in [0.05, 0.1) is 6.04 Å². The zero-order chi connectivity index (χ0) is 11.5. The number of hydrogen-bond donors (Lipinski definition) is 1. The van der Waals surface area contributed by atoms with E-state index in [-0.39, 0.29) is 6.04 Å². The van der Waals surface area contributed by atoms with Crippen molar-refractivity contribution in [2.45, 2.75) is 19.9 Å². The minimum absolute atomic E-state index is 0.0717. The Bertz CT molecular complexity index is 476. The molecule has 1 unspecified atom stereocenters. The van der Waals surface area contributed by atoms with Gasteiger partial charge < -0.3 is 9.73 Å². The average molecular weight is 216 g/mol. The second kappa shape index (κ2) is 4.49. The standard InChI is InChI=1S/C13H16N2O/c1-9-6-7-15-8-11(9)13(14-3)12-5-4-10(2)16-12/h4-8,13-14H,1-3H3. The molecule has 2 aromatic rings. The smallest absolute Gasteiger partial charge is 0.125 e. The van der Waals surface area contributed by atoms with Gasteiger partial charge in [-0.05, 0) is 50.2 Å². The predicted molar refractivity (Wildman–Crippen MR) is 63.3 cm³/mol. The fourth-order valence-corrected chi connectivity index (χ4v) is 1.84. The number of pyridine rings is 1. The summed E-state index contributed by atoms with van der Waals surface area (Å²) in [4.78, 5) is 4.17. The normalized spacial score (nSPS) is 12.7. The van der Waals surface area contributed by atoms with E-state index in [1.807, 2.05) is 38.4 Å². The summed E-state index contributed by atoms with van der Waals surface area (Å²) >= 11 is 0. The van der Waals surface area contributed by atoms with E-state index in [2.05, 4.69) is 17.2 Å². The first-order chi connectivity index (χ1) is 7.72. The highest BCUT2D eigenvalue weighted by molar-refractivity contribution is 5.31. The molecule has 2 rings (SSSR count). The molecule has 3 nitrogen and oxygen atoms in total. The van der Waals surface area contributed by atoms with Gasteiger partial charge in [-0.3, -0.25) is 4.98 Å². The Morgan fingerprint density at radius 2 is 2.06 bits per heavy atom. The van der Waals surface area contributed by atoms with Crippen LogP contribution in [-0.4, -0.2) is 12.0 Å². The Morgan fingerprint density at radius 1 is 1.25 bits per heavy atom. The number of aryl methyl sites for hydroxylation is 2. The molecule has 1 atom stereocenters. The average Bonchev–Trinajstić information content (AvgIpc) is 2.69. The third-order valence-corrected chi connectivity index (χ3v) is 2.72. The van der Waals surface area contributed by atoms with Crippen LogP contribution in [0.4, 0.5) is 0 Å². The van der Waals surface area contributed by atoms with E-state index in [0.29, 0.717) is 0 Å². The lowest BCUT2D eigenvalue weighted by Gasteiger charge is -2.15. The number of rotatable bonds is 3. The highest BCUT2D eigenvalue weighted by Gasteiger charge is 2.17. The molecule has 0 bridgehead atoms. The first-order valence-corrected chi connectivity index (χ1v) is 5.36. The lowest BCUT2D eigenvalue weighted by atomic mass is 10.0. The molecule has 0 amide bonds. The van der Waals surface area contributed by atoms with Crippen molar-refractivity contribution in [2.24, 2.45) is 0 Å². The van der Waals surface area contributed by atoms with Gasteiger partial charge in [-0.1, -0.05) is 0 Å². The van der Waals surface area contributed by atoms with E-state index in [1.54, 1.807) is 6.20 Å². The maximum absolute atomic E-state index is 5.66. The molecule has 3 heteroatoms. The van der Waals surface area contributed by atoms with Gasteiger partial charge in [-0.2, -0.15) is 0 Å². The van der Waals surface area contributed by atoms with Gasteiger partial charge in [0.25, 0.3) is 0 Å². The highest BCUT2D eigenvalue weighted by Crippen LogP contribution is 2.25. The Balaban J connectivity index is 2.40. The molecule has 0 aromatic carbocycles. The van der Waals surface area contributed by atoms with Gasteiger partial charge in [-0.25, -0.2) is 0 Å². The maximum atomic E-state index is 5.66. The molecule has 0 fully saturated rings. The third kappa shape index (κ3) is 1.99. The van der Waals surface area contributed by atoms with Gasteiger partial charge >= 0.3 is 0 Å². The van der Waals surface area contributed by atoms with Crippen molar-refractivity contribution in [1.82, 2.24) is 10.3 Å². The molecule has 0 spiro atoms. The minimum atomic E-state index is 0.0717. The summed E-state index contributed by atoms with van der Waals surface area (Å²) in [5.74, 6) is 1.85. The first-order valence-electron chi connectivity index (χ1n) is 5.36. The topological polar surface area (TPSA) is 38.1 Å². The van der Waals surface area contributed by atoms with Crippen LogP contribution in [0.3, 0.4) is 0 Å². The number of furan rings is 1. The molecule has 2 aromatic heterocycles. The lowest BCUT2D eigenvalue weighted by molar-refractivity contribution is 0.443. The maximum Gasteiger partial charge on any atom is 0.125 e. The number of nitrogens with one attached hydrogen (secondary N) is 1. The highest BCUT2D eigenvalue weighted by atomic mass is 16.3. The monoisotopic (exact) mass is 216 g/mol. The quantitative estimate of drug-likeness (QED) is 0.857. The van der Waals surface area contributed by atoms with E-state index in [9.17, 15) is 0 Å². The predicted octanol–water partition coefficient (Wildman–Crippen LogP) is 2.60. The zero-order valence-electron chi connectivity index (χ0n) is 9.82. The van der Waals surface area contributed by atoms with Gasteiger partial charge in [0.2, 0.25) is 0 Å². The van der Waals surface area contributed by atoms with Crippen LogP contribution in [-0.2, 0) is 0 Å². The van der Waals surface area contributed by atoms with Crippen LogP contribution in [0.2, 0.25) is 0 Å². The van der Waals surface area contributed by atoms with Crippen molar-refractivity contribution < 1.29 is 4.42 Å². The molecular formula is C13H16N2O. The molecular weight excluding hydrogens is 200 g/mol. The second-order valence-corrected chi connectivity index (χ2v) is 3.90. The Hall–Kier alpha value is -1.61. The number of aromatic nitrogens is 1. The van der Waals surface area contributed by atoms with Crippen LogP contribution in [0, 0.1) is 13.8 Å². The SMILES string of the molecule is CNC(c1ccc(C)o1)c1cnccc1C. The van der Waals surface area contributed by atoms with E-state index in [1.165, 1.54) is 5.56 Å². The largest absolute Gasteiger partial charge is 0.464 e.